The molecule has 28 heavy (non-hydrogen) atoms. The number of hydrogen-bond acceptors (Lipinski definition) is 4. The van der Waals surface area contributed by atoms with Crippen LogP contribution in [0.1, 0.15) is 18.4 Å². The van der Waals surface area contributed by atoms with Crippen LogP contribution < -0.4 is 0 Å². The number of nitrogens with zero attached hydrogens (tertiary/aromatic N) is 2. The highest BCUT2D eigenvalue weighted by Gasteiger charge is 2.24. The molecule has 1 aliphatic heterocycles. The van der Waals surface area contributed by atoms with Gasteiger partial charge >= 0.3 is 5.97 Å². The summed E-state index contributed by atoms with van der Waals surface area (Å²) in [6.45, 7) is 2.30. The van der Waals surface area contributed by atoms with Crippen molar-refractivity contribution >= 4 is 12.2 Å². The van der Waals surface area contributed by atoms with Crippen molar-refractivity contribution in [1.29, 1.82) is 0 Å². The van der Waals surface area contributed by atoms with Crippen LogP contribution in [0.2, 0.25) is 0 Å². The number of piperidine rings is 1. The number of halogens is 2. The van der Waals surface area contributed by atoms with Gasteiger partial charge in [0.1, 0.15) is 18.2 Å². The molecule has 2 aromatic rings. The van der Waals surface area contributed by atoms with Crippen LogP contribution >= 0.6 is 0 Å². The molecule has 1 fully saturated rings. The van der Waals surface area contributed by atoms with Crippen LogP contribution in [-0.4, -0.2) is 48.4 Å². The molecular weight excluding hydrogens is 366 g/mol. The SMILES string of the molecule is O=C(O)C1CCCN(CCO/N=C/c2ccccc2-c2ccc(F)cc2F)C1. The van der Waals surface area contributed by atoms with Gasteiger partial charge in [-0.25, -0.2) is 8.78 Å². The standard InChI is InChI=1S/C21H22F2N2O3/c22-17-7-8-19(20(23)12-17)18-6-2-1-4-15(18)13-24-28-11-10-25-9-3-5-16(14-25)21(26)27/h1-2,4,6-8,12-13,16H,3,5,9-11,14H2,(H,26,27)/b24-13+. The number of carboxylic acid groups (broad SMARTS) is 1. The Balaban J connectivity index is 1.57. The Morgan fingerprint density at radius 2 is 2.07 bits per heavy atom. The monoisotopic (exact) mass is 388 g/mol. The molecule has 1 aliphatic rings. The molecule has 0 radical (unpaired) electrons. The molecule has 1 unspecified atom stereocenters. The molecule has 0 amide bonds. The van der Waals surface area contributed by atoms with E-state index in [4.69, 9.17) is 9.94 Å². The van der Waals surface area contributed by atoms with E-state index in [0.717, 1.165) is 19.0 Å². The third-order valence-electron chi connectivity index (χ3n) is 4.80. The number of likely N-dealkylation sites (tertiary alicyclic amines) is 1. The van der Waals surface area contributed by atoms with E-state index in [2.05, 4.69) is 10.1 Å². The van der Waals surface area contributed by atoms with Crippen molar-refractivity contribution in [1.82, 2.24) is 4.90 Å². The molecule has 7 heteroatoms. The molecule has 1 N–H and O–H groups in total. The van der Waals surface area contributed by atoms with Crippen molar-refractivity contribution in [2.45, 2.75) is 12.8 Å². The molecule has 1 saturated heterocycles. The summed E-state index contributed by atoms with van der Waals surface area (Å²) in [6.07, 6.45) is 3.06. The second-order valence-corrected chi connectivity index (χ2v) is 6.76. The number of carboxylic acids is 1. The molecule has 2 aromatic carbocycles. The van der Waals surface area contributed by atoms with Gasteiger partial charge in [-0.3, -0.25) is 9.69 Å². The van der Waals surface area contributed by atoms with Crippen molar-refractivity contribution in [3.63, 3.8) is 0 Å². The first kappa shape index (κ1) is 19.9. The van der Waals surface area contributed by atoms with Gasteiger partial charge in [-0.2, -0.15) is 0 Å². The Hall–Kier alpha value is -2.80. The topological polar surface area (TPSA) is 62.1 Å². The zero-order valence-corrected chi connectivity index (χ0v) is 15.4. The lowest BCUT2D eigenvalue weighted by Gasteiger charge is -2.29. The molecule has 148 valence electrons. The van der Waals surface area contributed by atoms with Gasteiger partial charge in [0.2, 0.25) is 0 Å². The first-order valence-electron chi connectivity index (χ1n) is 9.19. The lowest BCUT2D eigenvalue weighted by molar-refractivity contribution is -0.143. The maximum Gasteiger partial charge on any atom is 0.307 e. The minimum absolute atomic E-state index is 0.288. The molecule has 5 nitrogen and oxygen atoms in total. The van der Waals surface area contributed by atoms with Crippen molar-refractivity contribution in [2.24, 2.45) is 11.1 Å². The molecule has 3 rings (SSSR count). The van der Waals surface area contributed by atoms with Crippen LogP contribution in [0.4, 0.5) is 8.78 Å². The smallest absolute Gasteiger partial charge is 0.307 e. The van der Waals surface area contributed by atoms with Gasteiger partial charge in [0.05, 0.1) is 12.1 Å². The van der Waals surface area contributed by atoms with E-state index in [0.29, 0.717) is 37.2 Å². The van der Waals surface area contributed by atoms with Crippen molar-refractivity contribution in [3.05, 3.63) is 59.7 Å². The van der Waals surface area contributed by atoms with Gasteiger partial charge in [-0.15, -0.1) is 0 Å². The van der Waals surface area contributed by atoms with E-state index in [-0.39, 0.29) is 11.5 Å². The lowest BCUT2D eigenvalue weighted by atomic mass is 9.98. The van der Waals surface area contributed by atoms with Crippen LogP contribution in [0.25, 0.3) is 11.1 Å². The minimum atomic E-state index is -0.756. The van der Waals surface area contributed by atoms with Crippen LogP contribution in [0.5, 0.6) is 0 Å². The predicted octanol–water partition coefficient (Wildman–Crippen LogP) is 3.78. The van der Waals surface area contributed by atoms with Crippen LogP contribution in [0.3, 0.4) is 0 Å². The molecule has 1 heterocycles. The Bertz CT molecular complexity index is 857. The largest absolute Gasteiger partial charge is 0.481 e. The van der Waals surface area contributed by atoms with Crippen LogP contribution in [0, 0.1) is 17.6 Å². The van der Waals surface area contributed by atoms with Crippen molar-refractivity contribution in [2.75, 3.05) is 26.2 Å². The van der Waals surface area contributed by atoms with E-state index in [1.54, 1.807) is 24.3 Å². The Labute approximate surface area is 162 Å². The third-order valence-corrected chi connectivity index (χ3v) is 4.80. The normalized spacial score (nSPS) is 17.7. The van der Waals surface area contributed by atoms with Gasteiger partial charge in [0, 0.05) is 30.3 Å². The summed E-state index contributed by atoms with van der Waals surface area (Å²) >= 11 is 0. The summed E-state index contributed by atoms with van der Waals surface area (Å²) in [5, 5.41) is 13.1. The lowest BCUT2D eigenvalue weighted by Crippen LogP contribution is -2.40. The number of carbonyl (C=O) groups is 1. The molecule has 0 saturated carbocycles. The third kappa shape index (κ3) is 5.13. The fourth-order valence-corrected chi connectivity index (χ4v) is 3.34. The molecular formula is C21H22F2N2O3. The summed E-state index contributed by atoms with van der Waals surface area (Å²) in [5.41, 5.74) is 1.53. The highest BCUT2D eigenvalue weighted by atomic mass is 19.1. The van der Waals surface area contributed by atoms with Gasteiger partial charge in [0.25, 0.3) is 0 Å². The first-order valence-corrected chi connectivity index (χ1v) is 9.19. The highest BCUT2D eigenvalue weighted by Crippen LogP contribution is 2.26. The van der Waals surface area contributed by atoms with Crippen molar-refractivity contribution in [3.8, 4) is 11.1 Å². The molecule has 0 aromatic heterocycles. The van der Waals surface area contributed by atoms with E-state index in [1.165, 1.54) is 18.3 Å². The molecule has 1 atom stereocenters. The summed E-state index contributed by atoms with van der Waals surface area (Å²) < 4.78 is 27.2. The maximum absolute atomic E-state index is 14.1. The van der Waals surface area contributed by atoms with E-state index >= 15 is 0 Å². The quantitative estimate of drug-likeness (QED) is 0.446. The Kier molecular flexibility index (Phi) is 6.71. The van der Waals surface area contributed by atoms with Crippen LogP contribution in [0.15, 0.2) is 47.6 Å². The second-order valence-electron chi connectivity index (χ2n) is 6.76. The number of rotatable bonds is 7. The zero-order valence-electron chi connectivity index (χ0n) is 15.4. The summed E-state index contributed by atoms with van der Waals surface area (Å²) in [6, 6.07) is 10.5. The van der Waals surface area contributed by atoms with E-state index in [9.17, 15) is 13.6 Å². The van der Waals surface area contributed by atoms with E-state index < -0.39 is 17.6 Å². The van der Waals surface area contributed by atoms with Crippen molar-refractivity contribution < 1.29 is 23.5 Å². The van der Waals surface area contributed by atoms with Gasteiger partial charge in [-0.1, -0.05) is 29.4 Å². The Morgan fingerprint density at radius 3 is 2.86 bits per heavy atom. The van der Waals surface area contributed by atoms with Gasteiger partial charge in [0.15, 0.2) is 0 Å². The molecule has 0 spiro atoms. The molecule has 0 aliphatic carbocycles. The molecule has 0 bridgehead atoms. The number of oxime groups is 1. The average molecular weight is 388 g/mol. The van der Waals surface area contributed by atoms with E-state index in [1.807, 2.05) is 0 Å². The number of benzene rings is 2. The van der Waals surface area contributed by atoms with Crippen LogP contribution in [-0.2, 0) is 9.63 Å². The Morgan fingerprint density at radius 1 is 1.25 bits per heavy atom. The zero-order chi connectivity index (χ0) is 19.9. The predicted molar refractivity (Wildman–Crippen MR) is 102 cm³/mol. The summed E-state index contributed by atoms with van der Waals surface area (Å²) in [5.74, 6) is -2.35. The average Bonchev–Trinajstić information content (AvgIpc) is 2.68. The van der Waals surface area contributed by atoms with Gasteiger partial charge in [-0.05, 0) is 37.1 Å². The minimum Gasteiger partial charge on any atom is -0.481 e. The maximum atomic E-state index is 14.1. The fraction of sp³-hybridized carbons (Fsp3) is 0.333. The summed E-state index contributed by atoms with van der Waals surface area (Å²) in [7, 11) is 0. The number of hydrogen-bond donors (Lipinski definition) is 1. The fourth-order valence-electron chi connectivity index (χ4n) is 3.34. The van der Waals surface area contributed by atoms with Gasteiger partial charge < -0.3 is 9.94 Å². The number of aliphatic carboxylic acids is 1. The second kappa shape index (κ2) is 9.41. The summed E-state index contributed by atoms with van der Waals surface area (Å²) in [4.78, 5) is 18.5. The first-order chi connectivity index (χ1) is 13.5. The highest BCUT2D eigenvalue weighted by molar-refractivity contribution is 5.90.